The molecule has 0 atom stereocenters. The minimum atomic E-state index is -0.501. The summed E-state index contributed by atoms with van der Waals surface area (Å²) in [6.07, 6.45) is 0. The van der Waals surface area contributed by atoms with Gasteiger partial charge in [-0.25, -0.2) is 4.39 Å². The van der Waals surface area contributed by atoms with E-state index in [1.165, 1.54) is 0 Å². The van der Waals surface area contributed by atoms with Crippen LogP contribution in [0.4, 0.5) is 10.1 Å². The summed E-state index contributed by atoms with van der Waals surface area (Å²) in [6, 6.07) is 5.56. The first-order valence-electron chi connectivity index (χ1n) is 5.11. The fourth-order valence-corrected chi connectivity index (χ4v) is 1.95. The van der Waals surface area contributed by atoms with E-state index in [9.17, 15) is 4.39 Å². The Bertz CT molecular complexity index is 337. The number of alkyl halides is 1. The van der Waals surface area contributed by atoms with Crippen LogP contribution in [0.5, 0.6) is 0 Å². The fraction of sp³-hybridized carbons (Fsp3) is 0.455. The van der Waals surface area contributed by atoms with Crippen molar-refractivity contribution < 1.29 is 4.39 Å². The summed E-state index contributed by atoms with van der Waals surface area (Å²) in [7, 11) is 0. The lowest BCUT2D eigenvalue weighted by atomic mass is 10.2. The van der Waals surface area contributed by atoms with E-state index in [1.54, 1.807) is 6.07 Å². The van der Waals surface area contributed by atoms with Crippen molar-refractivity contribution in [1.29, 1.82) is 0 Å². The monoisotopic (exact) mass is 228 g/mol. The lowest BCUT2D eigenvalue weighted by Gasteiger charge is -2.29. The standard InChI is InChI=1S/C11H14ClFN2/c12-11-2-1-10(7-9(11)8-13)15-5-3-14-4-6-15/h1-2,7,14H,3-6,8H2. The Morgan fingerprint density at radius 2 is 2.07 bits per heavy atom. The van der Waals surface area contributed by atoms with Crippen molar-refractivity contribution in [3.63, 3.8) is 0 Å². The van der Waals surface area contributed by atoms with Crippen molar-refractivity contribution in [1.82, 2.24) is 5.32 Å². The van der Waals surface area contributed by atoms with Crippen molar-refractivity contribution in [2.24, 2.45) is 0 Å². The molecule has 0 saturated carbocycles. The number of piperazine rings is 1. The number of nitrogens with one attached hydrogen (secondary N) is 1. The van der Waals surface area contributed by atoms with Crippen LogP contribution in [0.15, 0.2) is 18.2 Å². The van der Waals surface area contributed by atoms with Gasteiger partial charge in [-0.2, -0.15) is 0 Å². The van der Waals surface area contributed by atoms with Gasteiger partial charge < -0.3 is 10.2 Å². The lowest BCUT2D eigenvalue weighted by molar-refractivity contribution is 0.485. The number of hydrogen-bond acceptors (Lipinski definition) is 2. The van der Waals surface area contributed by atoms with E-state index in [0.29, 0.717) is 10.6 Å². The molecule has 2 rings (SSSR count). The molecule has 1 heterocycles. The SMILES string of the molecule is FCc1cc(N2CCNCC2)ccc1Cl. The summed E-state index contributed by atoms with van der Waals surface area (Å²) in [5.74, 6) is 0. The van der Waals surface area contributed by atoms with Gasteiger partial charge in [0.25, 0.3) is 0 Å². The van der Waals surface area contributed by atoms with Crippen LogP contribution in [0.1, 0.15) is 5.56 Å². The molecule has 2 nitrogen and oxygen atoms in total. The summed E-state index contributed by atoms with van der Waals surface area (Å²) in [4.78, 5) is 2.24. The average Bonchev–Trinajstić information content (AvgIpc) is 2.31. The number of nitrogens with zero attached hydrogens (tertiary/aromatic N) is 1. The Morgan fingerprint density at radius 1 is 1.33 bits per heavy atom. The van der Waals surface area contributed by atoms with Crippen molar-refractivity contribution in [3.05, 3.63) is 28.8 Å². The van der Waals surface area contributed by atoms with Crippen LogP contribution < -0.4 is 10.2 Å². The maximum atomic E-state index is 12.6. The van der Waals surface area contributed by atoms with Gasteiger partial charge in [-0.15, -0.1) is 0 Å². The molecule has 0 bridgehead atoms. The maximum absolute atomic E-state index is 12.6. The van der Waals surface area contributed by atoms with Gasteiger partial charge in [0, 0.05) is 42.5 Å². The lowest BCUT2D eigenvalue weighted by Crippen LogP contribution is -2.43. The van der Waals surface area contributed by atoms with Gasteiger partial charge in [-0.1, -0.05) is 11.6 Å². The fourth-order valence-electron chi connectivity index (χ4n) is 1.78. The number of hydrogen-bond donors (Lipinski definition) is 1. The Hall–Kier alpha value is -0.800. The van der Waals surface area contributed by atoms with E-state index in [4.69, 9.17) is 11.6 Å². The second-order valence-electron chi connectivity index (χ2n) is 3.65. The van der Waals surface area contributed by atoms with Crippen molar-refractivity contribution in [2.75, 3.05) is 31.1 Å². The van der Waals surface area contributed by atoms with E-state index < -0.39 is 6.67 Å². The number of benzene rings is 1. The Labute approximate surface area is 94.0 Å². The second-order valence-corrected chi connectivity index (χ2v) is 4.05. The number of halogens is 2. The molecule has 82 valence electrons. The molecule has 1 saturated heterocycles. The molecule has 0 aromatic heterocycles. The highest BCUT2D eigenvalue weighted by Crippen LogP contribution is 2.24. The van der Waals surface area contributed by atoms with Crippen LogP contribution in [0, 0.1) is 0 Å². The minimum Gasteiger partial charge on any atom is -0.369 e. The smallest absolute Gasteiger partial charge is 0.116 e. The molecule has 0 aliphatic carbocycles. The summed E-state index contributed by atoms with van der Waals surface area (Å²) in [5, 5.41) is 3.79. The average molecular weight is 229 g/mol. The summed E-state index contributed by atoms with van der Waals surface area (Å²) in [6.45, 7) is 3.39. The molecular formula is C11H14ClFN2. The third-order valence-electron chi connectivity index (χ3n) is 2.66. The zero-order valence-corrected chi connectivity index (χ0v) is 9.23. The number of rotatable bonds is 2. The van der Waals surface area contributed by atoms with Crippen LogP contribution in [0.2, 0.25) is 5.02 Å². The van der Waals surface area contributed by atoms with Gasteiger partial charge in [0.1, 0.15) is 6.67 Å². The van der Waals surface area contributed by atoms with Crippen LogP contribution in [0.3, 0.4) is 0 Å². The zero-order valence-electron chi connectivity index (χ0n) is 8.47. The highest BCUT2D eigenvalue weighted by molar-refractivity contribution is 6.31. The molecule has 1 aliphatic rings. The first-order chi connectivity index (χ1) is 7.31. The van der Waals surface area contributed by atoms with E-state index >= 15 is 0 Å². The van der Waals surface area contributed by atoms with Gasteiger partial charge in [-0.05, 0) is 18.2 Å². The molecular weight excluding hydrogens is 215 g/mol. The summed E-state index contributed by atoms with van der Waals surface area (Å²) >= 11 is 5.86. The maximum Gasteiger partial charge on any atom is 0.116 e. The molecule has 0 spiro atoms. The van der Waals surface area contributed by atoms with Crippen LogP contribution in [0.25, 0.3) is 0 Å². The molecule has 0 unspecified atom stereocenters. The Balaban J connectivity index is 2.20. The third-order valence-corrected chi connectivity index (χ3v) is 3.02. The Morgan fingerprint density at radius 3 is 2.73 bits per heavy atom. The van der Waals surface area contributed by atoms with Crippen molar-refractivity contribution in [2.45, 2.75) is 6.67 Å². The summed E-state index contributed by atoms with van der Waals surface area (Å²) in [5.41, 5.74) is 1.64. The molecule has 15 heavy (non-hydrogen) atoms. The molecule has 1 aromatic rings. The quantitative estimate of drug-likeness (QED) is 0.835. The first kappa shape index (κ1) is 10.7. The highest BCUT2D eigenvalue weighted by atomic mass is 35.5. The van der Waals surface area contributed by atoms with E-state index in [1.807, 2.05) is 12.1 Å². The summed E-state index contributed by atoms with van der Waals surface area (Å²) < 4.78 is 12.6. The molecule has 4 heteroatoms. The molecule has 1 aliphatic heterocycles. The van der Waals surface area contributed by atoms with Crippen LogP contribution in [-0.2, 0) is 6.67 Å². The van der Waals surface area contributed by atoms with E-state index in [2.05, 4.69) is 10.2 Å². The minimum absolute atomic E-state index is 0.501. The van der Waals surface area contributed by atoms with Gasteiger partial charge >= 0.3 is 0 Å². The van der Waals surface area contributed by atoms with E-state index in [-0.39, 0.29) is 0 Å². The van der Waals surface area contributed by atoms with Crippen molar-refractivity contribution in [3.8, 4) is 0 Å². The predicted octanol–water partition coefficient (Wildman–Crippen LogP) is 2.22. The molecule has 1 aromatic carbocycles. The van der Waals surface area contributed by atoms with Gasteiger partial charge in [0.15, 0.2) is 0 Å². The molecule has 0 radical (unpaired) electrons. The van der Waals surface area contributed by atoms with Gasteiger partial charge in [-0.3, -0.25) is 0 Å². The second kappa shape index (κ2) is 4.81. The van der Waals surface area contributed by atoms with Gasteiger partial charge in [0.2, 0.25) is 0 Å². The van der Waals surface area contributed by atoms with Crippen LogP contribution in [-0.4, -0.2) is 26.2 Å². The molecule has 1 fully saturated rings. The Kier molecular flexibility index (Phi) is 3.44. The predicted molar refractivity (Wildman–Crippen MR) is 61.3 cm³/mol. The van der Waals surface area contributed by atoms with E-state index in [0.717, 1.165) is 31.9 Å². The van der Waals surface area contributed by atoms with Crippen molar-refractivity contribution >= 4 is 17.3 Å². The molecule has 1 N–H and O–H groups in total. The number of anilines is 1. The molecule has 0 amide bonds. The topological polar surface area (TPSA) is 15.3 Å². The normalized spacial score (nSPS) is 16.8. The zero-order chi connectivity index (χ0) is 10.7. The first-order valence-corrected chi connectivity index (χ1v) is 5.49. The largest absolute Gasteiger partial charge is 0.369 e. The van der Waals surface area contributed by atoms with Gasteiger partial charge in [0.05, 0.1) is 0 Å². The highest BCUT2D eigenvalue weighted by Gasteiger charge is 2.11. The third kappa shape index (κ3) is 2.41. The van der Waals surface area contributed by atoms with Crippen LogP contribution >= 0.6 is 11.6 Å².